The van der Waals surface area contributed by atoms with Crippen molar-refractivity contribution in [2.45, 2.75) is 0 Å². The van der Waals surface area contributed by atoms with Crippen LogP contribution < -0.4 is 15.6 Å². The summed E-state index contributed by atoms with van der Waals surface area (Å²) in [5.74, 6) is 0. The van der Waals surface area contributed by atoms with Crippen molar-refractivity contribution in [1.29, 1.82) is 0 Å². The van der Waals surface area contributed by atoms with E-state index in [1.54, 1.807) is 0 Å². The average Bonchev–Trinajstić information content (AvgIpc) is 2.69. The Kier molecular flexibility index (Phi) is 12.7. The molecule has 122 valence electrons. The van der Waals surface area contributed by atoms with E-state index < -0.39 is 0 Å². The Labute approximate surface area is 238 Å². The molecule has 1 saturated heterocycles. The summed E-state index contributed by atoms with van der Waals surface area (Å²) in [7, 11) is 1.84. The molecule has 0 atom stereocenters. The van der Waals surface area contributed by atoms with Gasteiger partial charge in [0.25, 0.3) is 0 Å². The minimum atomic E-state index is -0.259. The quantitative estimate of drug-likeness (QED) is 0.351. The van der Waals surface area contributed by atoms with Gasteiger partial charge in [-0.15, -0.1) is 12.7 Å². The Morgan fingerprint density at radius 1 is 0.741 bits per heavy atom. The molecule has 1 heterocycles. The molecule has 4 radical (unpaired) electrons. The van der Waals surface area contributed by atoms with Gasteiger partial charge in [0.2, 0.25) is 0 Å². The molecule has 3 aromatic carbocycles. The van der Waals surface area contributed by atoms with Gasteiger partial charge in [0.15, 0.2) is 0 Å². The van der Waals surface area contributed by atoms with Crippen LogP contribution in [0.1, 0.15) is 0 Å². The minimum absolute atomic E-state index is 0. The maximum atomic E-state index is 4.93. The maximum absolute atomic E-state index is 4.93. The molecular weight excluding hydrogens is 557 g/mol. The monoisotopic (exact) mass is 570 g/mol. The SMILES string of the molecule is [B]1[N-]B(c2[c-]cccc2)[N-]B(c2[c-]cccc2)N1c1[c-]cccc1.[Y].[Y].[Y]. The number of para-hydroxylation sites is 1. The van der Waals surface area contributed by atoms with E-state index in [9.17, 15) is 0 Å². The van der Waals surface area contributed by atoms with E-state index in [0.717, 1.165) is 16.6 Å². The Hall–Kier alpha value is 0.886. The summed E-state index contributed by atoms with van der Waals surface area (Å²) in [5.41, 5.74) is 2.90. The Morgan fingerprint density at radius 3 is 1.89 bits per heavy atom. The molecule has 0 unspecified atom stereocenters. The molecule has 0 aromatic heterocycles. The summed E-state index contributed by atoms with van der Waals surface area (Å²) in [4.78, 5) is 0. The first-order valence-corrected chi connectivity index (χ1v) is 7.83. The second kappa shape index (κ2) is 13.2. The van der Waals surface area contributed by atoms with Crippen molar-refractivity contribution in [2.75, 3.05) is 4.72 Å². The zero-order chi connectivity index (χ0) is 16.2. The summed E-state index contributed by atoms with van der Waals surface area (Å²) in [5, 5.41) is 9.53. The molecule has 9 heteroatoms. The number of benzene rings is 3. The van der Waals surface area contributed by atoms with Crippen LogP contribution in [0.4, 0.5) is 5.69 Å². The van der Waals surface area contributed by atoms with E-state index in [1.807, 2.05) is 85.1 Å². The summed E-state index contributed by atoms with van der Waals surface area (Å²) < 4.78 is 2.02. The fourth-order valence-corrected chi connectivity index (χ4v) is 2.71. The van der Waals surface area contributed by atoms with Crippen LogP contribution in [0.5, 0.6) is 0 Å². The van der Waals surface area contributed by atoms with E-state index >= 15 is 0 Å². The van der Waals surface area contributed by atoms with E-state index in [0.29, 0.717) is 0 Å². The molecule has 4 rings (SSSR count). The van der Waals surface area contributed by atoms with E-state index in [4.69, 9.17) is 5.14 Å². The molecule has 0 amide bonds. The van der Waals surface area contributed by atoms with Crippen molar-refractivity contribution in [3.05, 3.63) is 101 Å². The fourth-order valence-electron chi connectivity index (χ4n) is 2.71. The average molecular weight is 569 g/mol. The minimum Gasteiger partial charge on any atom is -0.714 e. The zero-order valence-corrected chi connectivity index (χ0v) is 23.2. The second-order valence-corrected chi connectivity index (χ2v) is 5.45. The van der Waals surface area contributed by atoms with Crippen LogP contribution >= 0.6 is 0 Å². The van der Waals surface area contributed by atoms with Gasteiger partial charge in [0.05, 0.1) is 7.55 Å². The van der Waals surface area contributed by atoms with Crippen LogP contribution in [-0.4, -0.2) is 21.5 Å². The molecule has 27 heavy (non-hydrogen) atoms. The third kappa shape index (κ3) is 6.69. The number of anilines is 1. The Bertz CT molecular complexity index is 785. The van der Waals surface area contributed by atoms with Crippen LogP contribution in [0.2, 0.25) is 0 Å². The van der Waals surface area contributed by atoms with Crippen molar-refractivity contribution in [1.82, 2.24) is 0 Å². The number of hydrogen-bond acceptors (Lipinski definition) is 1. The van der Waals surface area contributed by atoms with E-state index in [1.165, 1.54) is 0 Å². The maximum Gasteiger partial charge on any atom is 0.106 e. The van der Waals surface area contributed by atoms with Gasteiger partial charge in [-0.05, 0) is 0 Å². The number of hydrogen-bond donors (Lipinski definition) is 0. The third-order valence-electron chi connectivity index (χ3n) is 3.87. The van der Waals surface area contributed by atoms with Crippen molar-refractivity contribution in [2.24, 2.45) is 0 Å². The molecule has 3 nitrogen and oxygen atoms in total. The summed E-state index contributed by atoms with van der Waals surface area (Å²) in [6, 6.07) is 33.3. The molecule has 3 aromatic rings. The third-order valence-corrected chi connectivity index (χ3v) is 3.87. The summed E-state index contributed by atoms with van der Waals surface area (Å²) >= 11 is 0. The van der Waals surface area contributed by atoms with Crippen molar-refractivity contribution >= 4 is 38.1 Å². The topological polar surface area (TPSA) is 31.4 Å². The van der Waals surface area contributed by atoms with Crippen LogP contribution in [-0.2, 0) is 98.1 Å². The van der Waals surface area contributed by atoms with Crippen LogP contribution in [0.15, 0.2) is 72.8 Å². The first kappa shape index (κ1) is 25.9. The van der Waals surface area contributed by atoms with Gasteiger partial charge in [0.1, 0.15) is 6.98 Å². The molecule has 0 spiro atoms. The normalized spacial score (nSPS) is 12.8. The fraction of sp³-hybridized carbons (Fsp3) is 0. The molecule has 0 bridgehead atoms. The summed E-state index contributed by atoms with van der Waals surface area (Å²) in [6.45, 7) is -0.453. The molecule has 0 aliphatic carbocycles. The molecule has 0 N–H and O–H groups in total. The zero-order valence-electron chi connectivity index (χ0n) is 14.7. The Morgan fingerprint density at radius 2 is 1.33 bits per heavy atom. The second-order valence-electron chi connectivity index (χ2n) is 5.45. The van der Waals surface area contributed by atoms with Gasteiger partial charge in [-0.25, -0.2) is 5.46 Å². The molecule has 1 fully saturated rings. The predicted molar refractivity (Wildman–Crippen MR) is 102 cm³/mol. The van der Waals surface area contributed by atoms with Gasteiger partial charge in [-0.1, -0.05) is 0 Å². The van der Waals surface area contributed by atoms with Crippen LogP contribution in [0.25, 0.3) is 10.3 Å². The predicted octanol–water partition coefficient (Wildman–Crippen LogP) is 1.97. The van der Waals surface area contributed by atoms with Gasteiger partial charge in [-0.3, -0.25) is 0 Å². The molecule has 0 saturated carbocycles. The van der Waals surface area contributed by atoms with Crippen molar-refractivity contribution < 1.29 is 98.1 Å². The van der Waals surface area contributed by atoms with Gasteiger partial charge in [0, 0.05) is 98.1 Å². The van der Waals surface area contributed by atoms with E-state index in [2.05, 4.69) is 23.3 Å². The molecule has 1 aliphatic heterocycles. The Balaban J connectivity index is 0.00000121. The van der Waals surface area contributed by atoms with Gasteiger partial charge < -0.3 is 15.0 Å². The largest absolute Gasteiger partial charge is 0.714 e. The number of nitrogens with zero attached hydrogens (tertiary/aromatic N) is 3. The first-order chi connectivity index (χ1) is 11.9. The van der Waals surface area contributed by atoms with Crippen LogP contribution in [0.3, 0.4) is 0 Å². The van der Waals surface area contributed by atoms with Gasteiger partial charge in [-0.2, -0.15) is 96.5 Å². The van der Waals surface area contributed by atoms with Crippen molar-refractivity contribution in [3.63, 3.8) is 0 Å². The van der Waals surface area contributed by atoms with Crippen molar-refractivity contribution in [3.8, 4) is 0 Å². The van der Waals surface area contributed by atoms with Gasteiger partial charge >= 0.3 is 0 Å². The first-order valence-electron chi connectivity index (χ1n) is 7.83. The number of rotatable bonds is 3. The standard InChI is InChI=1S/C18H12B3N3.3Y/c1-4-10-16(11-5-1)20-22-19-24(18-14-8-3-9-15-18)21(23-20)17-12-6-2-7-13-17;;;/h1-10,12,14H;;;/q-5;;;. The van der Waals surface area contributed by atoms with E-state index in [-0.39, 0.29) is 112 Å². The summed E-state index contributed by atoms with van der Waals surface area (Å²) in [6.07, 6.45) is 0. The smallest absolute Gasteiger partial charge is 0.106 e. The molecule has 1 aliphatic rings. The molecular formula is C18H12B3N3Y3-5. The van der Waals surface area contributed by atoms with Crippen LogP contribution in [0, 0.1) is 18.2 Å².